The van der Waals surface area contributed by atoms with Crippen LogP contribution in [0.15, 0.2) is 18.2 Å². The molecule has 1 aromatic carbocycles. The third kappa shape index (κ3) is 13.7. The van der Waals surface area contributed by atoms with Gasteiger partial charge in [-0.3, -0.25) is 19.2 Å². The molecule has 4 amide bonds. The number of hydrogen-bond acceptors (Lipinski definition) is 8. The minimum Gasteiger partial charge on any atom is -0.391 e. The predicted octanol–water partition coefficient (Wildman–Crippen LogP) is 3.05. The van der Waals surface area contributed by atoms with Gasteiger partial charge in [0.15, 0.2) is 0 Å². The van der Waals surface area contributed by atoms with Crippen molar-refractivity contribution in [3.05, 3.63) is 35.4 Å². The van der Waals surface area contributed by atoms with Crippen LogP contribution in [0.1, 0.15) is 79.2 Å². The molecule has 1 aliphatic heterocycles. The molecular weight excluding hydrogens is 664 g/mol. The molecule has 0 spiro atoms. The fourth-order valence-electron chi connectivity index (χ4n) is 6.47. The molecule has 4 N–H and O–H groups in total. The van der Waals surface area contributed by atoms with Crippen molar-refractivity contribution in [2.75, 3.05) is 47.9 Å². The van der Waals surface area contributed by atoms with E-state index < -0.39 is 59.9 Å². The van der Waals surface area contributed by atoms with E-state index in [2.05, 4.69) is 29.8 Å². The van der Waals surface area contributed by atoms with E-state index in [0.717, 1.165) is 12.1 Å². The van der Waals surface area contributed by atoms with E-state index in [1.807, 2.05) is 20.8 Å². The Bertz CT molecular complexity index is 1220. The molecule has 0 aromatic heterocycles. The van der Waals surface area contributed by atoms with E-state index in [-0.39, 0.29) is 68.1 Å². The van der Waals surface area contributed by atoms with Gasteiger partial charge in [-0.25, -0.2) is 8.78 Å². The van der Waals surface area contributed by atoms with Crippen molar-refractivity contribution in [3.63, 3.8) is 0 Å². The van der Waals surface area contributed by atoms with Crippen LogP contribution in [-0.4, -0.2) is 123 Å². The van der Waals surface area contributed by atoms with Gasteiger partial charge < -0.3 is 40.3 Å². The second-order valence-electron chi connectivity index (χ2n) is 13.5. The third-order valence-electron chi connectivity index (χ3n) is 9.19. The van der Waals surface area contributed by atoms with Crippen molar-refractivity contribution in [2.45, 2.75) is 117 Å². The first kappa shape index (κ1) is 45.8. The summed E-state index contributed by atoms with van der Waals surface area (Å²) in [6, 6.07) is 2.02. The number of hydrogen-bond donors (Lipinski definition) is 4. The normalized spacial score (nSPS) is 18.6. The predicted molar refractivity (Wildman–Crippen MR) is 193 cm³/mol. The smallest absolute Gasteiger partial charge is 0.242 e. The highest BCUT2D eigenvalue weighted by Gasteiger charge is 2.44. The molecule has 51 heavy (non-hydrogen) atoms. The van der Waals surface area contributed by atoms with Gasteiger partial charge in [-0.05, 0) is 44.4 Å². The molecule has 1 aromatic rings. The monoisotopic (exact) mass is 727 g/mol. The molecule has 12 nitrogen and oxygen atoms in total. The van der Waals surface area contributed by atoms with Gasteiger partial charge in [0.1, 0.15) is 11.6 Å². The summed E-state index contributed by atoms with van der Waals surface area (Å²) in [7, 11) is 6.19. The average molecular weight is 728 g/mol. The second kappa shape index (κ2) is 23.4. The van der Waals surface area contributed by atoms with Gasteiger partial charge in [0.2, 0.25) is 23.6 Å². The van der Waals surface area contributed by atoms with Crippen LogP contribution in [0.2, 0.25) is 0 Å². The summed E-state index contributed by atoms with van der Waals surface area (Å²) in [6.07, 6.45) is 0.193. The Labute approximate surface area is 303 Å². The van der Waals surface area contributed by atoms with E-state index in [1.54, 1.807) is 21.0 Å². The molecule has 0 saturated carbocycles. The quantitative estimate of drug-likeness (QED) is 0.170. The number of ether oxygens (including phenoxy) is 2. The second-order valence-corrected chi connectivity index (χ2v) is 13.5. The van der Waals surface area contributed by atoms with E-state index in [9.17, 15) is 33.1 Å². The van der Waals surface area contributed by atoms with Gasteiger partial charge in [0.05, 0.1) is 55.3 Å². The zero-order valence-corrected chi connectivity index (χ0v) is 32.3. The fourth-order valence-corrected chi connectivity index (χ4v) is 6.47. The topological polar surface area (TPSA) is 150 Å². The molecule has 14 heteroatoms. The summed E-state index contributed by atoms with van der Waals surface area (Å²) in [5.41, 5.74) is -0.121. The Kier molecular flexibility index (Phi) is 21.0. The first-order valence-electron chi connectivity index (χ1n) is 18.1. The molecular formula is C37H63F2N5O7. The fraction of sp³-hybridized carbons (Fsp3) is 0.730. The number of methoxy groups -OCH3 is 2. The number of halogens is 2. The summed E-state index contributed by atoms with van der Waals surface area (Å²) < 4.78 is 39.5. The maximum absolute atomic E-state index is 14.0. The average Bonchev–Trinajstić information content (AvgIpc) is 3.47. The number of β-amino-alcohol motifs (C(OH)–C–C–N with tert-alkyl or cyclic N) is 1. The first-order valence-corrected chi connectivity index (χ1v) is 18.1. The Morgan fingerprint density at radius 1 is 1.02 bits per heavy atom. The number of aliphatic hydroxyl groups is 1. The van der Waals surface area contributed by atoms with Gasteiger partial charge in [0, 0.05) is 39.9 Å². The number of likely N-dealkylation sites (tertiary alicyclic amines) is 1. The van der Waals surface area contributed by atoms with Gasteiger partial charge >= 0.3 is 0 Å². The largest absolute Gasteiger partial charge is 0.391 e. The summed E-state index contributed by atoms with van der Waals surface area (Å²) in [5, 5.41) is 18.9. The number of nitrogens with zero attached hydrogens (tertiary/aromatic N) is 2. The lowest BCUT2D eigenvalue weighted by atomic mass is 9.94. The minimum atomic E-state index is -0.844. The molecule has 1 fully saturated rings. The Hall–Kier alpha value is -3.20. The lowest BCUT2D eigenvalue weighted by molar-refractivity contribution is -0.144. The number of likely N-dealkylation sites (N-methyl/N-ethyl adjacent to an activating group) is 2. The summed E-state index contributed by atoms with van der Waals surface area (Å²) in [4.78, 5) is 55.7. The Morgan fingerprint density at radius 2 is 1.63 bits per heavy atom. The highest BCUT2D eigenvalue weighted by Crippen LogP contribution is 2.29. The maximum Gasteiger partial charge on any atom is 0.242 e. The molecule has 0 bridgehead atoms. The molecule has 1 saturated heterocycles. The molecule has 6 unspecified atom stereocenters. The third-order valence-corrected chi connectivity index (χ3v) is 9.19. The van der Waals surface area contributed by atoms with E-state index in [1.165, 1.54) is 36.5 Å². The standard InChI is InChI=1S/C34H55F2N5O7.C3H8/c1-9-11-26(40(6)30(44)18-39-34(46)31(37-5)20(2)3)28(47-7)17-29(43)41-19-22(42)16-27(41)32(48-8)21(4)33(45)38-15-14-23-24(35)12-10-13-25(23)36;1-3-2/h10,12-13,20-22,26-28,31-32,37,42H,9,11,14-19H2,1-8H3,(H,38,45)(H,39,46);3H2,1-2H3/t21?,22?,26-,27?,28?,31?,32?;/m0./s1. The zero-order valence-electron chi connectivity index (χ0n) is 32.3. The lowest BCUT2D eigenvalue weighted by Gasteiger charge is -2.37. The summed E-state index contributed by atoms with van der Waals surface area (Å²) in [6.45, 7) is 11.5. The number of carbonyl (C=O) groups is 4. The van der Waals surface area contributed by atoms with Crippen molar-refractivity contribution in [3.8, 4) is 0 Å². The van der Waals surface area contributed by atoms with Crippen LogP contribution in [0, 0.1) is 23.5 Å². The van der Waals surface area contributed by atoms with Gasteiger partial charge in [-0.2, -0.15) is 0 Å². The highest BCUT2D eigenvalue weighted by molar-refractivity contribution is 5.87. The number of benzene rings is 1. The van der Waals surface area contributed by atoms with E-state index in [4.69, 9.17) is 9.47 Å². The Balaban J connectivity index is 0.00000418. The highest BCUT2D eigenvalue weighted by atomic mass is 19.1. The van der Waals surface area contributed by atoms with Crippen molar-refractivity contribution < 1.29 is 42.5 Å². The summed E-state index contributed by atoms with van der Waals surface area (Å²) >= 11 is 0. The van der Waals surface area contributed by atoms with Crippen LogP contribution < -0.4 is 16.0 Å². The van der Waals surface area contributed by atoms with Gasteiger partial charge in [-0.15, -0.1) is 0 Å². The number of rotatable bonds is 19. The molecule has 2 rings (SSSR count). The van der Waals surface area contributed by atoms with Crippen molar-refractivity contribution >= 4 is 23.6 Å². The molecule has 1 aliphatic rings. The lowest BCUT2D eigenvalue weighted by Crippen LogP contribution is -2.53. The SMILES string of the molecule is CCC.CCC[C@@H](C(CC(=O)N1CC(O)CC1C(OC)C(C)C(=O)NCCc1c(F)cccc1F)OC)N(C)C(=O)CNC(=O)C(NC)C(C)C. The Morgan fingerprint density at radius 3 is 2.14 bits per heavy atom. The van der Waals surface area contributed by atoms with Crippen molar-refractivity contribution in [2.24, 2.45) is 11.8 Å². The number of carbonyl (C=O) groups excluding carboxylic acids is 4. The van der Waals surface area contributed by atoms with Crippen LogP contribution in [0.4, 0.5) is 8.78 Å². The maximum atomic E-state index is 14.0. The van der Waals surface area contributed by atoms with E-state index in [0.29, 0.717) is 12.8 Å². The zero-order chi connectivity index (χ0) is 38.8. The molecule has 292 valence electrons. The number of aliphatic hydroxyl groups excluding tert-OH is 1. The van der Waals surface area contributed by atoms with Crippen molar-refractivity contribution in [1.82, 2.24) is 25.8 Å². The van der Waals surface area contributed by atoms with Crippen LogP contribution in [0.3, 0.4) is 0 Å². The molecule has 7 atom stereocenters. The minimum absolute atomic E-state index is 0.00848. The molecule has 0 aliphatic carbocycles. The van der Waals surface area contributed by atoms with Gasteiger partial charge in [-0.1, -0.05) is 60.5 Å². The molecule has 1 heterocycles. The first-order chi connectivity index (χ1) is 24.1. The van der Waals surface area contributed by atoms with Crippen LogP contribution in [0.5, 0.6) is 0 Å². The van der Waals surface area contributed by atoms with Crippen LogP contribution in [-0.2, 0) is 35.1 Å². The van der Waals surface area contributed by atoms with Crippen LogP contribution >= 0.6 is 0 Å². The van der Waals surface area contributed by atoms with Gasteiger partial charge in [0.25, 0.3) is 0 Å². The summed E-state index contributed by atoms with van der Waals surface area (Å²) in [5.74, 6) is -3.50. The van der Waals surface area contributed by atoms with E-state index >= 15 is 0 Å². The molecule has 0 radical (unpaired) electrons. The number of nitrogens with one attached hydrogen (secondary N) is 3. The van der Waals surface area contributed by atoms with Crippen LogP contribution in [0.25, 0.3) is 0 Å². The van der Waals surface area contributed by atoms with Crippen molar-refractivity contribution in [1.29, 1.82) is 0 Å². The number of amides is 4.